The Balaban J connectivity index is 1.74. The standard InChI is InChI=1S/C22H19N5O3/c1-2-18(29)25-16-10-6-9-15(11-16)20-19-21(23-13-24-22(19)30-27-20)26-17(12-28)14-7-4-3-5-8-14/h2-11,13,17,28H,1,12H2,(H,25,29)(H,23,24,26)/t17-/m1/s1. The van der Waals surface area contributed by atoms with E-state index in [1.807, 2.05) is 36.4 Å². The summed E-state index contributed by atoms with van der Waals surface area (Å²) in [5.41, 5.74) is 3.06. The van der Waals surface area contributed by atoms with E-state index in [1.165, 1.54) is 12.4 Å². The van der Waals surface area contributed by atoms with Gasteiger partial charge in [0.15, 0.2) is 0 Å². The van der Waals surface area contributed by atoms with Gasteiger partial charge in [-0.25, -0.2) is 4.98 Å². The molecule has 0 saturated carbocycles. The monoisotopic (exact) mass is 401 g/mol. The highest BCUT2D eigenvalue weighted by Gasteiger charge is 2.20. The van der Waals surface area contributed by atoms with Gasteiger partial charge in [0.2, 0.25) is 5.91 Å². The number of nitrogens with zero attached hydrogens (tertiary/aromatic N) is 3. The number of rotatable bonds is 7. The molecule has 0 saturated heterocycles. The van der Waals surface area contributed by atoms with Gasteiger partial charge in [0.05, 0.1) is 12.6 Å². The lowest BCUT2D eigenvalue weighted by molar-refractivity contribution is -0.111. The second kappa shape index (κ2) is 8.54. The van der Waals surface area contributed by atoms with Gasteiger partial charge in [-0.1, -0.05) is 54.2 Å². The highest BCUT2D eigenvalue weighted by Crippen LogP contribution is 2.33. The van der Waals surface area contributed by atoms with Gasteiger partial charge in [0.25, 0.3) is 5.71 Å². The maximum Gasteiger partial charge on any atom is 0.263 e. The third-order valence-electron chi connectivity index (χ3n) is 4.56. The van der Waals surface area contributed by atoms with Crippen molar-refractivity contribution in [3.8, 4) is 11.3 Å². The summed E-state index contributed by atoms with van der Waals surface area (Å²) in [6.07, 6.45) is 2.58. The predicted molar refractivity (Wildman–Crippen MR) is 114 cm³/mol. The van der Waals surface area contributed by atoms with E-state index >= 15 is 0 Å². The average molecular weight is 401 g/mol. The molecule has 0 aliphatic carbocycles. The summed E-state index contributed by atoms with van der Waals surface area (Å²) >= 11 is 0. The Morgan fingerprint density at radius 1 is 1.17 bits per heavy atom. The van der Waals surface area contributed by atoms with Crippen molar-refractivity contribution in [2.24, 2.45) is 0 Å². The number of amides is 1. The first-order valence-corrected chi connectivity index (χ1v) is 9.26. The lowest BCUT2D eigenvalue weighted by Gasteiger charge is -2.17. The van der Waals surface area contributed by atoms with Gasteiger partial charge in [0, 0.05) is 11.3 Å². The average Bonchev–Trinajstić information content (AvgIpc) is 3.23. The van der Waals surface area contributed by atoms with Crippen LogP contribution < -0.4 is 10.6 Å². The minimum absolute atomic E-state index is 0.126. The molecular formula is C22H19N5O3. The van der Waals surface area contributed by atoms with Crippen molar-refractivity contribution >= 4 is 28.5 Å². The van der Waals surface area contributed by atoms with Gasteiger partial charge < -0.3 is 20.3 Å². The fourth-order valence-corrected chi connectivity index (χ4v) is 3.12. The molecule has 0 spiro atoms. The Kier molecular flexibility index (Phi) is 5.49. The van der Waals surface area contributed by atoms with Crippen LogP contribution in [0.25, 0.3) is 22.4 Å². The molecule has 0 bridgehead atoms. The number of hydrogen-bond donors (Lipinski definition) is 3. The zero-order chi connectivity index (χ0) is 20.9. The maximum atomic E-state index is 11.6. The van der Waals surface area contributed by atoms with Crippen LogP contribution in [-0.2, 0) is 4.79 Å². The number of hydrogen-bond acceptors (Lipinski definition) is 7. The molecule has 1 amide bonds. The number of aliphatic hydroxyl groups is 1. The smallest absolute Gasteiger partial charge is 0.263 e. The Bertz CT molecular complexity index is 1190. The van der Waals surface area contributed by atoms with E-state index in [1.54, 1.807) is 18.2 Å². The highest BCUT2D eigenvalue weighted by molar-refractivity contribution is 6.01. The van der Waals surface area contributed by atoms with Crippen molar-refractivity contribution in [3.05, 3.63) is 79.1 Å². The Labute approximate surface area is 172 Å². The third-order valence-corrected chi connectivity index (χ3v) is 4.56. The second-order valence-electron chi connectivity index (χ2n) is 6.50. The normalized spacial score (nSPS) is 11.8. The molecule has 8 nitrogen and oxygen atoms in total. The van der Waals surface area contributed by atoms with Crippen LogP contribution in [0.4, 0.5) is 11.5 Å². The summed E-state index contributed by atoms with van der Waals surface area (Å²) in [7, 11) is 0. The summed E-state index contributed by atoms with van der Waals surface area (Å²) in [4.78, 5) is 20.1. The van der Waals surface area contributed by atoms with E-state index < -0.39 is 0 Å². The topological polar surface area (TPSA) is 113 Å². The fraction of sp³-hybridized carbons (Fsp3) is 0.0909. The van der Waals surface area contributed by atoms with Crippen LogP contribution in [0.1, 0.15) is 11.6 Å². The van der Waals surface area contributed by atoms with Gasteiger partial charge >= 0.3 is 0 Å². The van der Waals surface area contributed by atoms with Gasteiger partial charge in [-0.05, 0) is 23.8 Å². The number of nitrogens with one attached hydrogen (secondary N) is 2. The van der Waals surface area contributed by atoms with Crippen LogP contribution in [0.15, 0.2) is 78.1 Å². The lowest BCUT2D eigenvalue weighted by Crippen LogP contribution is -2.15. The molecule has 1 atom stereocenters. The molecule has 0 unspecified atom stereocenters. The van der Waals surface area contributed by atoms with E-state index in [4.69, 9.17) is 4.52 Å². The quantitative estimate of drug-likeness (QED) is 0.406. The van der Waals surface area contributed by atoms with E-state index in [9.17, 15) is 9.90 Å². The lowest BCUT2D eigenvalue weighted by atomic mass is 10.1. The summed E-state index contributed by atoms with van der Waals surface area (Å²) in [5, 5.41) is 20.6. The number of aromatic nitrogens is 3. The number of carbonyl (C=O) groups is 1. The number of aliphatic hydroxyl groups excluding tert-OH is 1. The Hall–Kier alpha value is -4.04. The van der Waals surface area contributed by atoms with Gasteiger partial charge in [-0.3, -0.25) is 4.79 Å². The maximum absolute atomic E-state index is 11.6. The number of benzene rings is 2. The summed E-state index contributed by atoms with van der Waals surface area (Å²) < 4.78 is 5.40. The minimum atomic E-state index is -0.370. The van der Waals surface area contributed by atoms with Crippen LogP contribution >= 0.6 is 0 Å². The van der Waals surface area contributed by atoms with Crippen molar-refractivity contribution < 1.29 is 14.4 Å². The molecule has 30 heavy (non-hydrogen) atoms. The van der Waals surface area contributed by atoms with Crippen LogP contribution in [0, 0.1) is 0 Å². The summed E-state index contributed by atoms with van der Waals surface area (Å²) in [6.45, 7) is 3.33. The molecule has 4 rings (SSSR count). The van der Waals surface area contributed by atoms with Crippen molar-refractivity contribution in [2.45, 2.75) is 6.04 Å². The number of carbonyl (C=O) groups excluding carboxylic acids is 1. The van der Waals surface area contributed by atoms with E-state index in [0.29, 0.717) is 33.9 Å². The van der Waals surface area contributed by atoms with Crippen LogP contribution in [-0.4, -0.2) is 32.7 Å². The zero-order valence-corrected chi connectivity index (χ0v) is 15.9. The number of fused-ring (bicyclic) bond motifs is 1. The van der Waals surface area contributed by atoms with Crippen molar-refractivity contribution in [3.63, 3.8) is 0 Å². The van der Waals surface area contributed by atoms with E-state index in [-0.39, 0.29) is 18.6 Å². The molecule has 4 aromatic rings. The fourth-order valence-electron chi connectivity index (χ4n) is 3.12. The number of anilines is 2. The van der Waals surface area contributed by atoms with Crippen molar-refractivity contribution in [2.75, 3.05) is 17.2 Å². The molecule has 0 fully saturated rings. The zero-order valence-electron chi connectivity index (χ0n) is 15.9. The van der Waals surface area contributed by atoms with Gasteiger partial charge in [0.1, 0.15) is 23.2 Å². The van der Waals surface area contributed by atoms with Crippen LogP contribution in [0.2, 0.25) is 0 Å². The van der Waals surface area contributed by atoms with Crippen LogP contribution in [0.5, 0.6) is 0 Å². The third kappa shape index (κ3) is 3.89. The first-order chi connectivity index (χ1) is 14.7. The molecule has 3 N–H and O–H groups in total. The van der Waals surface area contributed by atoms with E-state index in [0.717, 1.165) is 5.56 Å². The largest absolute Gasteiger partial charge is 0.394 e. The second-order valence-corrected chi connectivity index (χ2v) is 6.50. The van der Waals surface area contributed by atoms with Gasteiger partial charge in [-0.15, -0.1) is 0 Å². The summed E-state index contributed by atoms with van der Waals surface area (Å²) in [5.74, 6) is 0.177. The molecule has 0 radical (unpaired) electrons. The van der Waals surface area contributed by atoms with Crippen molar-refractivity contribution in [1.29, 1.82) is 0 Å². The molecule has 0 aliphatic rings. The minimum Gasteiger partial charge on any atom is -0.394 e. The molecule has 8 heteroatoms. The molecule has 2 heterocycles. The van der Waals surface area contributed by atoms with Crippen molar-refractivity contribution in [1.82, 2.24) is 15.1 Å². The van der Waals surface area contributed by atoms with Gasteiger partial charge in [-0.2, -0.15) is 4.98 Å². The molecule has 2 aromatic carbocycles. The predicted octanol–water partition coefficient (Wildman–Crippen LogP) is 3.55. The Morgan fingerprint density at radius 3 is 2.77 bits per heavy atom. The van der Waals surface area contributed by atoms with E-state index in [2.05, 4.69) is 32.3 Å². The molecule has 150 valence electrons. The first-order valence-electron chi connectivity index (χ1n) is 9.26. The van der Waals surface area contributed by atoms with Crippen LogP contribution in [0.3, 0.4) is 0 Å². The molecule has 0 aliphatic heterocycles. The summed E-state index contributed by atoms with van der Waals surface area (Å²) in [6, 6.07) is 16.4. The highest BCUT2D eigenvalue weighted by atomic mass is 16.5. The Morgan fingerprint density at radius 2 is 2.00 bits per heavy atom. The molecular weight excluding hydrogens is 382 g/mol. The molecule has 2 aromatic heterocycles. The first kappa shape index (κ1) is 19.3. The SMILES string of the molecule is C=CC(=O)Nc1cccc(-c2noc3ncnc(N[C@H](CO)c4ccccc4)c23)c1.